The van der Waals surface area contributed by atoms with Crippen molar-refractivity contribution >= 4 is 5.91 Å². The molecule has 3 aliphatic rings. The smallest absolute Gasteiger partial charge is 0.222 e. The van der Waals surface area contributed by atoms with E-state index in [9.17, 15) is 4.79 Å². The van der Waals surface area contributed by atoms with Gasteiger partial charge in [-0.1, -0.05) is 30.3 Å². The maximum atomic E-state index is 12.6. The third-order valence-electron chi connectivity index (χ3n) is 6.62. The van der Waals surface area contributed by atoms with E-state index in [1.807, 2.05) is 0 Å². The molecule has 1 aromatic rings. The lowest BCUT2D eigenvalue weighted by Crippen LogP contribution is -2.46. The minimum absolute atomic E-state index is 0.337. The largest absolute Gasteiger partial charge is 0.379 e. The van der Waals surface area contributed by atoms with Crippen molar-refractivity contribution in [1.29, 1.82) is 0 Å². The second-order valence-corrected chi connectivity index (χ2v) is 8.34. The molecule has 0 radical (unpaired) electrons. The van der Waals surface area contributed by atoms with Gasteiger partial charge in [-0.3, -0.25) is 20.5 Å². The highest BCUT2D eigenvalue weighted by Crippen LogP contribution is 2.32. The maximum Gasteiger partial charge on any atom is 0.222 e. The Morgan fingerprint density at radius 3 is 2.57 bits per heavy atom. The molecule has 0 aliphatic carbocycles. The summed E-state index contributed by atoms with van der Waals surface area (Å²) in [5, 5.41) is 0. The lowest BCUT2D eigenvalue weighted by atomic mass is 9.80. The summed E-state index contributed by atoms with van der Waals surface area (Å²) in [5.41, 5.74) is 8.30. The molecular formula is C22H34N4O2. The van der Waals surface area contributed by atoms with Crippen LogP contribution in [-0.2, 0) is 9.53 Å². The zero-order chi connectivity index (χ0) is 19.2. The Hall–Kier alpha value is -1.47. The number of hydrazine groups is 1. The highest BCUT2D eigenvalue weighted by atomic mass is 16.5. The van der Waals surface area contributed by atoms with Crippen LogP contribution in [0.4, 0.5) is 0 Å². The van der Waals surface area contributed by atoms with Gasteiger partial charge in [0.1, 0.15) is 0 Å². The minimum Gasteiger partial charge on any atom is -0.379 e. The topological polar surface area (TPSA) is 56.8 Å². The van der Waals surface area contributed by atoms with Crippen molar-refractivity contribution in [2.45, 2.75) is 37.6 Å². The fourth-order valence-electron chi connectivity index (χ4n) is 4.93. The highest BCUT2D eigenvalue weighted by molar-refractivity contribution is 5.76. The van der Waals surface area contributed by atoms with E-state index < -0.39 is 0 Å². The highest BCUT2D eigenvalue weighted by Gasteiger charge is 2.36. The quantitative estimate of drug-likeness (QED) is 0.778. The van der Waals surface area contributed by atoms with Crippen molar-refractivity contribution in [3.63, 3.8) is 0 Å². The van der Waals surface area contributed by atoms with Crippen LogP contribution >= 0.6 is 0 Å². The predicted molar refractivity (Wildman–Crippen MR) is 110 cm³/mol. The molecule has 4 rings (SSSR count). The summed E-state index contributed by atoms with van der Waals surface area (Å²) in [6, 6.07) is 11.3. The summed E-state index contributed by atoms with van der Waals surface area (Å²) in [6.07, 6.45) is 3.83. The van der Waals surface area contributed by atoms with Crippen molar-refractivity contribution in [1.82, 2.24) is 20.7 Å². The van der Waals surface area contributed by atoms with Gasteiger partial charge in [0.15, 0.2) is 0 Å². The first kappa shape index (κ1) is 19.8. The lowest BCUT2D eigenvalue weighted by molar-refractivity contribution is -0.132. The molecule has 1 aromatic carbocycles. The fraction of sp³-hybridized carbons (Fsp3) is 0.682. The molecule has 3 saturated heterocycles. The van der Waals surface area contributed by atoms with Crippen LogP contribution in [0.2, 0.25) is 0 Å². The van der Waals surface area contributed by atoms with Gasteiger partial charge in [-0.15, -0.1) is 0 Å². The van der Waals surface area contributed by atoms with E-state index in [-0.39, 0.29) is 0 Å². The normalized spacial score (nSPS) is 27.2. The first-order valence-electron chi connectivity index (χ1n) is 10.9. The van der Waals surface area contributed by atoms with E-state index in [4.69, 9.17) is 4.74 Å². The van der Waals surface area contributed by atoms with E-state index in [1.54, 1.807) is 0 Å². The van der Waals surface area contributed by atoms with E-state index in [0.29, 0.717) is 30.2 Å². The molecule has 1 amide bonds. The number of piperidine rings is 1. The molecule has 0 aromatic heterocycles. The van der Waals surface area contributed by atoms with Crippen LogP contribution < -0.4 is 10.9 Å². The van der Waals surface area contributed by atoms with Crippen LogP contribution in [-0.4, -0.2) is 74.2 Å². The van der Waals surface area contributed by atoms with Crippen LogP contribution in [0.1, 0.15) is 37.2 Å². The summed E-state index contributed by atoms with van der Waals surface area (Å²) >= 11 is 0. The van der Waals surface area contributed by atoms with Crippen LogP contribution in [0.3, 0.4) is 0 Å². The monoisotopic (exact) mass is 386 g/mol. The third kappa shape index (κ3) is 4.92. The second-order valence-electron chi connectivity index (χ2n) is 8.34. The van der Waals surface area contributed by atoms with Gasteiger partial charge in [0, 0.05) is 51.1 Å². The van der Waals surface area contributed by atoms with Crippen molar-refractivity contribution < 1.29 is 9.53 Å². The Balaban J connectivity index is 1.21. The first-order chi connectivity index (χ1) is 13.8. The van der Waals surface area contributed by atoms with Gasteiger partial charge < -0.3 is 9.64 Å². The zero-order valence-electron chi connectivity index (χ0n) is 16.8. The summed E-state index contributed by atoms with van der Waals surface area (Å²) in [7, 11) is 0. The standard InChI is InChI=1S/C22H34N4O2/c27-21(7-4-10-25-13-15-28-16-14-25)26-11-8-19(9-12-26)22-20(17-23-24-22)18-5-2-1-3-6-18/h1-3,5-6,19-20,22-24H,4,7-17H2. The maximum absolute atomic E-state index is 12.6. The van der Waals surface area contributed by atoms with Crippen LogP contribution in [0.15, 0.2) is 30.3 Å². The molecule has 3 heterocycles. The van der Waals surface area contributed by atoms with E-state index in [2.05, 4.69) is 51.0 Å². The number of rotatable bonds is 6. The Morgan fingerprint density at radius 2 is 1.82 bits per heavy atom. The molecule has 0 bridgehead atoms. The Bertz CT molecular complexity index is 612. The molecule has 3 fully saturated rings. The zero-order valence-corrected chi connectivity index (χ0v) is 16.8. The molecular weight excluding hydrogens is 352 g/mol. The van der Waals surface area contributed by atoms with Gasteiger partial charge in [-0.2, -0.15) is 0 Å². The van der Waals surface area contributed by atoms with Gasteiger partial charge in [0.05, 0.1) is 13.2 Å². The van der Waals surface area contributed by atoms with Gasteiger partial charge in [0.25, 0.3) is 0 Å². The predicted octanol–water partition coefficient (Wildman–Crippen LogP) is 1.60. The van der Waals surface area contributed by atoms with Crippen molar-refractivity contribution in [3.05, 3.63) is 35.9 Å². The van der Waals surface area contributed by atoms with Gasteiger partial charge in [-0.05, 0) is 37.3 Å². The average Bonchev–Trinajstić information content (AvgIpc) is 3.25. The number of hydrogen-bond donors (Lipinski definition) is 2. The number of benzene rings is 1. The number of carbonyl (C=O) groups is 1. The number of ether oxygens (including phenoxy) is 1. The number of hydrogen-bond acceptors (Lipinski definition) is 5. The first-order valence-corrected chi connectivity index (χ1v) is 10.9. The Labute approximate surface area is 168 Å². The summed E-state index contributed by atoms with van der Waals surface area (Å²) in [6.45, 7) is 7.47. The fourth-order valence-corrected chi connectivity index (χ4v) is 4.93. The van der Waals surface area contributed by atoms with Crippen LogP contribution in [0.25, 0.3) is 0 Å². The minimum atomic E-state index is 0.337. The molecule has 154 valence electrons. The van der Waals surface area contributed by atoms with E-state index in [1.165, 1.54) is 5.56 Å². The summed E-state index contributed by atoms with van der Waals surface area (Å²) < 4.78 is 5.38. The van der Waals surface area contributed by atoms with Crippen molar-refractivity contribution in [2.75, 3.05) is 52.5 Å². The number of carbonyl (C=O) groups excluding carboxylic acids is 1. The number of amides is 1. The second kappa shape index (κ2) is 9.83. The number of nitrogens with zero attached hydrogens (tertiary/aromatic N) is 2. The number of likely N-dealkylation sites (tertiary alicyclic amines) is 1. The van der Waals surface area contributed by atoms with Crippen molar-refractivity contribution in [2.24, 2.45) is 5.92 Å². The van der Waals surface area contributed by atoms with Gasteiger partial charge >= 0.3 is 0 Å². The lowest BCUT2D eigenvalue weighted by Gasteiger charge is -2.36. The van der Waals surface area contributed by atoms with Gasteiger partial charge in [-0.25, -0.2) is 0 Å². The molecule has 28 heavy (non-hydrogen) atoms. The Morgan fingerprint density at radius 1 is 1.07 bits per heavy atom. The van der Waals surface area contributed by atoms with Crippen LogP contribution in [0.5, 0.6) is 0 Å². The van der Waals surface area contributed by atoms with E-state index in [0.717, 1.165) is 71.7 Å². The Kier molecular flexibility index (Phi) is 6.96. The van der Waals surface area contributed by atoms with Crippen molar-refractivity contribution in [3.8, 4) is 0 Å². The average molecular weight is 387 g/mol. The van der Waals surface area contributed by atoms with E-state index >= 15 is 0 Å². The SMILES string of the molecule is O=C(CCCN1CCOCC1)N1CCC(C2NNCC2c2ccccc2)CC1. The molecule has 2 atom stereocenters. The summed E-state index contributed by atoms with van der Waals surface area (Å²) in [5.74, 6) is 1.48. The molecule has 0 spiro atoms. The molecule has 0 saturated carbocycles. The number of nitrogens with one attached hydrogen (secondary N) is 2. The molecule has 6 nitrogen and oxygen atoms in total. The number of morpholine rings is 1. The van der Waals surface area contributed by atoms with Gasteiger partial charge in [0.2, 0.25) is 5.91 Å². The summed E-state index contributed by atoms with van der Waals surface area (Å²) in [4.78, 5) is 17.1. The molecule has 2 N–H and O–H groups in total. The molecule has 3 aliphatic heterocycles. The molecule has 2 unspecified atom stereocenters. The van der Waals surface area contributed by atoms with Crippen LogP contribution in [0, 0.1) is 5.92 Å². The third-order valence-corrected chi connectivity index (χ3v) is 6.62. The molecule has 6 heteroatoms.